The first-order valence-corrected chi connectivity index (χ1v) is 10.1. The summed E-state index contributed by atoms with van der Waals surface area (Å²) in [6.45, 7) is 4.77. The van der Waals surface area contributed by atoms with Crippen molar-refractivity contribution in [2.24, 2.45) is 0 Å². The van der Waals surface area contributed by atoms with E-state index < -0.39 is 27.0 Å². The summed E-state index contributed by atoms with van der Waals surface area (Å²) in [5, 5.41) is 5.16. The number of hydrogen-bond acceptors (Lipinski definition) is 7. The van der Waals surface area contributed by atoms with E-state index in [1.54, 1.807) is 32.0 Å². The van der Waals surface area contributed by atoms with E-state index in [0.29, 0.717) is 22.8 Å². The molecule has 0 aliphatic rings. The van der Waals surface area contributed by atoms with Crippen molar-refractivity contribution in [2.75, 3.05) is 14.2 Å². The van der Waals surface area contributed by atoms with Crippen LogP contribution in [-0.4, -0.2) is 39.0 Å². The maximum atomic E-state index is 12.5. The van der Waals surface area contributed by atoms with Gasteiger partial charge in [-0.1, -0.05) is 5.16 Å². The number of nitrogens with zero attached hydrogens (tertiary/aromatic N) is 1. The number of rotatable bonds is 8. The van der Waals surface area contributed by atoms with Crippen molar-refractivity contribution in [3.05, 3.63) is 41.3 Å². The molecule has 0 spiro atoms. The molecule has 9 heteroatoms. The van der Waals surface area contributed by atoms with E-state index in [1.807, 2.05) is 0 Å². The molecule has 1 N–H and O–H groups in total. The third kappa shape index (κ3) is 5.00. The molecule has 8 nitrogen and oxygen atoms in total. The molecule has 0 aliphatic carbocycles. The number of nitrogens with one attached hydrogen (secondary N) is 1. The minimum absolute atomic E-state index is 0.273. The van der Waals surface area contributed by atoms with Gasteiger partial charge in [-0.15, -0.1) is 0 Å². The second kappa shape index (κ2) is 8.43. The minimum atomic E-state index is -3.75. The highest BCUT2D eigenvalue weighted by atomic mass is 32.2. The average molecular weight is 396 g/mol. The Morgan fingerprint density at radius 2 is 1.93 bits per heavy atom. The highest BCUT2D eigenvalue weighted by molar-refractivity contribution is 7.92. The number of amides is 1. The van der Waals surface area contributed by atoms with Crippen LogP contribution < -0.4 is 14.8 Å². The van der Waals surface area contributed by atoms with Crippen LogP contribution in [0.15, 0.2) is 28.8 Å². The monoisotopic (exact) mass is 396 g/mol. The van der Waals surface area contributed by atoms with Crippen LogP contribution in [0.2, 0.25) is 0 Å². The summed E-state index contributed by atoms with van der Waals surface area (Å²) >= 11 is 0. The molecule has 1 aromatic carbocycles. The number of methoxy groups -OCH3 is 2. The molecule has 0 radical (unpaired) electrons. The number of sulfone groups is 1. The van der Waals surface area contributed by atoms with Gasteiger partial charge in [0.15, 0.2) is 9.84 Å². The van der Waals surface area contributed by atoms with Crippen LogP contribution in [-0.2, 0) is 20.4 Å². The van der Waals surface area contributed by atoms with E-state index in [4.69, 9.17) is 14.0 Å². The molecule has 0 aliphatic heterocycles. The maximum absolute atomic E-state index is 12.5. The van der Waals surface area contributed by atoms with Crippen molar-refractivity contribution in [1.82, 2.24) is 10.5 Å². The van der Waals surface area contributed by atoms with Crippen LogP contribution in [0, 0.1) is 6.92 Å². The number of aromatic nitrogens is 1. The van der Waals surface area contributed by atoms with Crippen LogP contribution >= 0.6 is 0 Å². The molecule has 0 bridgehead atoms. The van der Waals surface area contributed by atoms with Crippen molar-refractivity contribution < 1.29 is 27.2 Å². The van der Waals surface area contributed by atoms with E-state index in [-0.39, 0.29) is 11.4 Å². The zero-order valence-corrected chi connectivity index (χ0v) is 16.8. The van der Waals surface area contributed by atoms with E-state index in [2.05, 4.69) is 10.5 Å². The zero-order valence-electron chi connectivity index (χ0n) is 16.0. The molecule has 2 rings (SSSR count). The summed E-state index contributed by atoms with van der Waals surface area (Å²) in [5.41, 5.74) is 0.955. The second-order valence-corrected chi connectivity index (χ2v) is 8.54. The van der Waals surface area contributed by atoms with Gasteiger partial charge in [0, 0.05) is 11.6 Å². The minimum Gasteiger partial charge on any atom is -0.497 e. The number of benzene rings is 1. The van der Waals surface area contributed by atoms with Gasteiger partial charge in [-0.2, -0.15) is 0 Å². The highest BCUT2D eigenvalue weighted by Gasteiger charge is 2.30. The lowest BCUT2D eigenvalue weighted by molar-refractivity contribution is -0.121. The molecule has 148 valence electrons. The molecule has 0 unspecified atom stereocenters. The molecular formula is C18H24N2O6S. The molecular weight excluding hydrogens is 372 g/mol. The van der Waals surface area contributed by atoms with Crippen molar-refractivity contribution in [2.45, 2.75) is 37.8 Å². The topological polar surface area (TPSA) is 108 Å². The average Bonchev–Trinajstić information content (AvgIpc) is 3.04. The number of carbonyl (C=O) groups excluding carboxylic acids is 1. The van der Waals surface area contributed by atoms with Gasteiger partial charge < -0.3 is 19.3 Å². The van der Waals surface area contributed by atoms with Crippen LogP contribution in [0.1, 0.15) is 36.9 Å². The normalized spacial score (nSPS) is 13.7. The van der Waals surface area contributed by atoms with Gasteiger partial charge in [0.2, 0.25) is 5.91 Å². The number of hydrogen-bond donors (Lipinski definition) is 1. The van der Waals surface area contributed by atoms with Crippen LogP contribution in [0.5, 0.6) is 11.5 Å². The van der Waals surface area contributed by atoms with Crippen molar-refractivity contribution in [1.29, 1.82) is 0 Å². The SMILES string of the molecule is COc1ccc(OC)c([C@@H](C)NC(=O)[C@H](C)S(=O)(=O)Cc2cc(C)on2)c1. The quantitative estimate of drug-likeness (QED) is 0.728. The van der Waals surface area contributed by atoms with E-state index in [0.717, 1.165) is 0 Å². The Bertz CT molecular complexity index is 906. The fraction of sp³-hybridized carbons (Fsp3) is 0.444. The largest absolute Gasteiger partial charge is 0.497 e. The molecule has 1 aromatic heterocycles. The molecule has 0 saturated heterocycles. The van der Waals surface area contributed by atoms with Crippen molar-refractivity contribution in [3.8, 4) is 11.5 Å². The molecule has 1 heterocycles. The standard InChI is InChI=1S/C18H24N2O6S/c1-11-8-14(20-26-11)10-27(22,23)13(3)18(21)19-12(2)16-9-15(24-4)6-7-17(16)25-5/h6-9,12-13H,10H2,1-5H3,(H,19,21)/t12-,13+/m1/s1. The fourth-order valence-electron chi connectivity index (χ4n) is 2.57. The van der Waals surface area contributed by atoms with Crippen LogP contribution in [0.25, 0.3) is 0 Å². The zero-order chi connectivity index (χ0) is 20.2. The Morgan fingerprint density at radius 1 is 1.22 bits per heavy atom. The van der Waals surface area contributed by atoms with Gasteiger partial charge in [-0.05, 0) is 39.0 Å². The Balaban J connectivity index is 2.13. The lowest BCUT2D eigenvalue weighted by Gasteiger charge is -2.20. The molecule has 0 fully saturated rings. The van der Waals surface area contributed by atoms with Gasteiger partial charge >= 0.3 is 0 Å². The van der Waals surface area contributed by atoms with E-state index >= 15 is 0 Å². The first kappa shape index (κ1) is 20.8. The maximum Gasteiger partial charge on any atom is 0.238 e. The van der Waals surface area contributed by atoms with Gasteiger partial charge in [0.05, 0.1) is 31.7 Å². The molecule has 0 saturated carbocycles. The number of carbonyl (C=O) groups is 1. The smallest absolute Gasteiger partial charge is 0.238 e. The predicted molar refractivity (Wildman–Crippen MR) is 99.4 cm³/mol. The Labute approximate surface area is 158 Å². The fourth-order valence-corrected chi connectivity index (χ4v) is 3.76. The lowest BCUT2D eigenvalue weighted by Crippen LogP contribution is -2.39. The number of ether oxygens (including phenoxy) is 2. The number of aryl methyl sites for hydroxylation is 1. The van der Waals surface area contributed by atoms with Gasteiger partial charge in [0.1, 0.15) is 22.5 Å². The molecule has 27 heavy (non-hydrogen) atoms. The summed E-state index contributed by atoms with van der Waals surface area (Å²) in [5.74, 6) is 0.713. The summed E-state index contributed by atoms with van der Waals surface area (Å²) < 4.78 is 40.4. The van der Waals surface area contributed by atoms with E-state index in [9.17, 15) is 13.2 Å². The Kier molecular flexibility index (Phi) is 6.48. The van der Waals surface area contributed by atoms with Crippen LogP contribution in [0.3, 0.4) is 0 Å². The molecule has 1 amide bonds. The Morgan fingerprint density at radius 3 is 2.48 bits per heavy atom. The molecule has 2 aromatic rings. The lowest BCUT2D eigenvalue weighted by atomic mass is 10.1. The predicted octanol–water partition coefficient (Wildman–Crippen LogP) is 2.18. The highest BCUT2D eigenvalue weighted by Crippen LogP contribution is 2.29. The first-order valence-electron chi connectivity index (χ1n) is 8.34. The first-order chi connectivity index (χ1) is 12.7. The second-order valence-electron chi connectivity index (χ2n) is 6.22. The summed E-state index contributed by atoms with van der Waals surface area (Å²) in [4.78, 5) is 12.5. The van der Waals surface area contributed by atoms with E-state index in [1.165, 1.54) is 27.2 Å². The Hall–Kier alpha value is -2.55. The third-order valence-electron chi connectivity index (χ3n) is 4.20. The molecule has 2 atom stereocenters. The van der Waals surface area contributed by atoms with Gasteiger partial charge in [0.25, 0.3) is 0 Å². The van der Waals surface area contributed by atoms with Crippen molar-refractivity contribution >= 4 is 15.7 Å². The summed E-state index contributed by atoms with van der Waals surface area (Å²) in [7, 11) is -0.689. The summed E-state index contributed by atoms with van der Waals surface area (Å²) in [6.07, 6.45) is 0. The van der Waals surface area contributed by atoms with Crippen molar-refractivity contribution in [3.63, 3.8) is 0 Å². The third-order valence-corrected chi connectivity index (χ3v) is 6.19. The van der Waals surface area contributed by atoms with Gasteiger partial charge in [-0.3, -0.25) is 4.79 Å². The van der Waals surface area contributed by atoms with Crippen LogP contribution in [0.4, 0.5) is 0 Å². The summed E-state index contributed by atoms with van der Waals surface area (Å²) in [6, 6.07) is 6.26. The van der Waals surface area contributed by atoms with Gasteiger partial charge in [-0.25, -0.2) is 8.42 Å².